The summed E-state index contributed by atoms with van der Waals surface area (Å²) in [6.07, 6.45) is 11.0. The molecule has 12 aliphatic rings. The number of alkyl halides is 1. The number of aliphatic hydroxyl groups is 3. The van der Waals surface area contributed by atoms with E-state index in [4.69, 9.17) is 9.47 Å². The molecule has 0 amide bonds. The average molecular weight is 1530 g/mol. The summed E-state index contributed by atoms with van der Waals surface area (Å²) >= 11 is 13.6. The summed E-state index contributed by atoms with van der Waals surface area (Å²) < 4.78 is 12.6. The van der Waals surface area contributed by atoms with Crippen LogP contribution in [-0.2, 0) is 56.2 Å². The van der Waals surface area contributed by atoms with Gasteiger partial charge in [0.25, 0.3) is 0 Å². The molecule has 24 atom stereocenters. The number of fused-ring (bicyclic) bond motifs is 12. The van der Waals surface area contributed by atoms with Gasteiger partial charge in [0.2, 0.25) is 0 Å². The topological polar surface area (TPSA) is 120 Å². The Labute approximate surface area is 432 Å². The SMILES string of the molecule is C[C@]12CCC3C(C1[C@@H]1C[C@@H]1C2=O)[C@@H](O)[C@H]1O[C@]12C[C@@H](O)CC[C@]32C.C[C@]12CCC3C(C1[C@@H]1C[C@@H]1C2=O)[C@H](Br)[C@H]1O[C@]12C[C@@H](O)CC[C@]32C.II.I[I-]I.P.P.[V].[V]. The Morgan fingerprint density at radius 3 is 1.51 bits per heavy atom. The van der Waals surface area contributed by atoms with Crippen molar-refractivity contribution in [3.8, 4) is 0 Å². The van der Waals surface area contributed by atoms with Crippen LogP contribution in [0.2, 0.25) is 0 Å². The quantitative estimate of drug-likeness (QED) is 0.120. The minimum absolute atomic E-state index is 0. The molecule has 7 nitrogen and oxygen atoms in total. The third-order valence-electron chi connectivity index (χ3n) is 19.1. The molecule has 2 radical (unpaired) electrons. The minimum Gasteiger partial charge on any atom is -0.153 e. The number of aliphatic hydroxyl groups excluding tert-OH is 3. The number of carbonyl (C=O) groups excluding carboxylic acids is 2. The average Bonchev–Trinajstić information content (AvgIpc) is 3.97. The van der Waals surface area contributed by atoms with E-state index in [0.717, 1.165) is 70.6 Å². The fourth-order valence-corrected chi connectivity index (χ4v) is 17.8. The van der Waals surface area contributed by atoms with E-state index >= 15 is 0 Å². The van der Waals surface area contributed by atoms with E-state index in [1.54, 1.807) is 0 Å². The monoisotopic (exact) mass is 1530 g/mol. The summed E-state index contributed by atoms with van der Waals surface area (Å²) in [7, 11) is 0. The number of ether oxygens (including phenoxy) is 2. The van der Waals surface area contributed by atoms with Gasteiger partial charge in [-0.1, -0.05) is 43.6 Å². The maximum Gasteiger partial charge on any atom is 0 e. The summed E-state index contributed by atoms with van der Waals surface area (Å²) in [4.78, 5) is 26.1. The van der Waals surface area contributed by atoms with Crippen molar-refractivity contribution in [3.63, 3.8) is 0 Å². The van der Waals surface area contributed by atoms with Crippen LogP contribution in [-0.4, -0.2) is 73.4 Å². The summed E-state index contributed by atoms with van der Waals surface area (Å²) in [5, 5.41) is 31.7. The van der Waals surface area contributed by atoms with Crippen molar-refractivity contribution in [2.24, 2.45) is 80.8 Å². The Morgan fingerprint density at radius 2 is 1.05 bits per heavy atom. The van der Waals surface area contributed by atoms with E-state index in [2.05, 4.69) is 118 Å². The summed E-state index contributed by atoms with van der Waals surface area (Å²) in [6, 6.07) is 0. The van der Waals surface area contributed by atoms with Crippen LogP contribution in [0.4, 0.5) is 0 Å². The third-order valence-corrected chi connectivity index (χ3v) is 20.2. The third kappa shape index (κ3) is 7.35. The Kier molecular flexibility index (Phi) is 17.1. The van der Waals surface area contributed by atoms with Crippen LogP contribution in [0.5, 0.6) is 0 Å². The second-order valence-electron chi connectivity index (χ2n) is 20.5. The first-order valence-electron chi connectivity index (χ1n) is 20.2. The van der Waals surface area contributed by atoms with E-state index in [1.807, 2.05) is 0 Å². The van der Waals surface area contributed by atoms with Crippen molar-refractivity contribution in [3.05, 3.63) is 0 Å². The van der Waals surface area contributed by atoms with Crippen molar-refractivity contribution < 1.29 is 84.7 Å². The molecule has 326 valence electrons. The number of epoxide rings is 2. The number of hydrogen-bond donors (Lipinski definition) is 3. The molecule has 3 N–H and O–H groups in total. The normalized spacial score (nSPS) is 58.7. The van der Waals surface area contributed by atoms with Gasteiger partial charge in [-0.15, -0.1) is 0 Å². The van der Waals surface area contributed by atoms with E-state index in [-0.39, 0.29) is 120 Å². The van der Waals surface area contributed by atoms with Gasteiger partial charge in [-0.25, -0.2) is 0 Å². The molecule has 2 heterocycles. The first kappa shape index (κ1) is 53.3. The van der Waals surface area contributed by atoms with Crippen LogP contribution in [0.15, 0.2) is 0 Å². The maximum absolute atomic E-state index is 12.9. The fraction of sp³-hybridized carbons (Fsp3) is 0.950. The zero-order chi connectivity index (χ0) is 38.0. The predicted molar refractivity (Wildman–Crippen MR) is 257 cm³/mol. The molecular weight excluding hydrogens is 1470 g/mol. The summed E-state index contributed by atoms with van der Waals surface area (Å²) in [6.45, 7) is 9.24. The number of Topliss-reactive ketones (excluding diaryl/α,β-unsaturated/α-hetero) is 2. The molecule has 10 aliphatic carbocycles. The van der Waals surface area contributed by atoms with Crippen molar-refractivity contribution in [1.29, 1.82) is 0 Å². The maximum atomic E-state index is 12.9. The molecule has 2 spiro atoms. The molecule has 12 fully saturated rings. The molecule has 0 aromatic carbocycles. The van der Waals surface area contributed by atoms with E-state index < -0.39 is 6.10 Å². The molecule has 57 heavy (non-hydrogen) atoms. The van der Waals surface area contributed by atoms with Gasteiger partial charge in [0.15, 0.2) is 0 Å². The Hall–Kier alpha value is 5.30. The zero-order valence-electron chi connectivity index (χ0n) is 33.3. The summed E-state index contributed by atoms with van der Waals surface area (Å²) in [5.41, 5.74) is -0.430. The van der Waals surface area contributed by atoms with Gasteiger partial charge in [-0.05, 0) is 112 Å². The van der Waals surface area contributed by atoms with Crippen LogP contribution >= 0.6 is 110 Å². The van der Waals surface area contributed by atoms with Crippen molar-refractivity contribution in [2.45, 2.75) is 151 Å². The second kappa shape index (κ2) is 18.3. The number of halogens is 6. The first-order chi connectivity index (χ1) is 25.1. The van der Waals surface area contributed by atoms with Gasteiger partial charge in [0, 0.05) is 126 Å². The minimum atomic E-state index is -0.454. The molecule has 0 aromatic heterocycles. The number of hydrogen-bond acceptors (Lipinski definition) is 7. The van der Waals surface area contributed by atoms with Gasteiger partial charge >= 0.3 is 50.5 Å². The molecular formula is C40H61BrI5O7P2V2-. The van der Waals surface area contributed by atoms with Gasteiger partial charge in [0.05, 0.1) is 18.3 Å². The van der Waals surface area contributed by atoms with Gasteiger partial charge in [-0.2, -0.15) is 19.8 Å². The Morgan fingerprint density at radius 1 is 0.667 bits per heavy atom. The van der Waals surface area contributed by atoms with Crippen molar-refractivity contribution >= 4 is 122 Å². The van der Waals surface area contributed by atoms with Crippen molar-refractivity contribution in [1.82, 2.24) is 0 Å². The molecule has 2 saturated heterocycles. The number of carbonyl (C=O) groups is 2. The number of rotatable bonds is 0. The molecule has 0 bridgehead atoms. The van der Waals surface area contributed by atoms with Crippen LogP contribution in [0.3, 0.4) is 0 Å². The van der Waals surface area contributed by atoms with E-state index in [1.165, 1.54) is 0 Å². The zero-order valence-corrected chi connectivity index (χ0v) is 51.3. The molecule has 8 unspecified atom stereocenters. The molecule has 2 aliphatic heterocycles. The molecule has 10 saturated carbocycles. The van der Waals surface area contributed by atoms with Gasteiger partial charge < -0.3 is 24.8 Å². The largest absolute Gasteiger partial charge is 0.153 e. The molecule has 17 heteroatoms. The van der Waals surface area contributed by atoms with Crippen LogP contribution in [0.1, 0.15) is 105 Å². The smallest absolute Gasteiger partial charge is 0 e. The standard InChI is InChI=1S/C20H27BrO3.C20H28O4.I3.I2.2H3P.2V/c1-18-5-4-12-13(14(18)10-7-11(10)16(18)23)15(21)17-20(24-17)8-9(22)3-6-19(12,20)2;1-18-5-4-12-13(14(18)10-7-11(10)16(18)23)15(22)17-20(24-17)8-9(21)3-6-19(12,20)2;1-3-2;1-2;;;;/h9-15,17,22H,3-8H2,1-2H3;9-15,17,21-22H,3-8H2,1-2H3;;;2*1H3;;/q;;-1;;;;;/t9-,10+,11-,12?,13?,14?,15-,17+,18-,19+,20+;9-,10+,11-,12?,13?,14?,15+,17+,18-,19+,20+;;;;;;/m00....../s1. The summed E-state index contributed by atoms with van der Waals surface area (Å²) in [5.74, 6) is 5.69. The van der Waals surface area contributed by atoms with Gasteiger partial charge in [-0.3, -0.25) is 9.59 Å². The fourth-order valence-electron chi connectivity index (χ4n) is 16.5. The van der Waals surface area contributed by atoms with Crippen molar-refractivity contribution in [2.75, 3.05) is 0 Å². The molecule has 0 aromatic rings. The van der Waals surface area contributed by atoms with Gasteiger partial charge in [0.1, 0.15) is 35.0 Å². The Balaban J connectivity index is 0.000000184. The second-order valence-corrected chi connectivity index (χ2v) is 37.8. The predicted octanol–water partition coefficient (Wildman–Crippen LogP) is 5.89. The van der Waals surface area contributed by atoms with Crippen LogP contribution in [0.25, 0.3) is 0 Å². The van der Waals surface area contributed by atoms with E-state index in [9.17, 15) is 24.9 Å². The van der Waals surface area contributed by atoms with Crippen LogP contribution in [0, 0.1) is 80.8 Å². The van der Waals surface area contributed by atoms with E-state index in [0.29, 0.717) is 89.3 Å². The first-order valence-corrected chi connectivity index (χ1v) is 40.0. The van der Waals surface area contributed by atoms with Crippen LogP contribution < -0.4 is 13.3 Å². The molecule has 12 rings (SSSR count). The number of ketones is 2. The Bertz CT molecular complexity index is 1470.